The topological polar surface area (TPSA) is 206 Å². The fraction of sp³-hybridized carbons (Fsp3) is 0.320. The molecule has 2 aromatic carbocycles. The smallest absolute Gasteiger partial charge is 0.534 e. The van der Waals surface area contributed by atoms with Gasteiger partial charge in [0.1, 0.15) is 11.8 Å². The molecule has 0 unspecified atom stereocenters. The van der Waals surface area contributed by atoms with Gasteiger partial charge in [0.15, 0.2) is 11.5 Å². The standard InChI is InChI=1S/C25H27BN4O10/c1-2-29-8-9-30(23(35)22(29)34)25(38)27-16(10-13-6-7-17(31)18(32)11-13)21(33)28-19-12-14-4-3-5-15(24(36)37)20(14)40-26(19)39/h3-7,11,16,19,31-32,39H,2,8-10,12H2,1H3,(H,27,38)(H,28,33)(H,36,37)/t16-,19+/m1/s1. The van der Waals surface area contributed by atoms with Crippen LogP contribution in [0.4, 0.5) is 4.79 Å². The third kappa shape index (κ3) is 5.78. The summed E-state index contributed by atoms with van der Waals surface area (Å²) in [5.41, 5.74) is 0.615. The average molecular weight is 554 g/mol. The number of aromatic carboxylic acids is 1. The van der Waals surface area contributed by atoms with Gasteiger partial charge in [-0.15, -0.1) is 0 Å². The summed E-state index contributed by atoms with van der Waals surface area (Å²) < 4.78 is 5.40. The molecule has 0 radical (unpaired) electrons. The van der Waals surface area contributed by atoms with E-state index < -0.39 is 60.3 Å². The summed E-state index contributed by atoms with van der Waals surface area (Å²) in [6.07, 6.45) is -0.193. The summed E-state index contributed by atoms with van der Waals surface area (Å²) in [5.74, 6) is -5.85. The van der Waals surface area contributed by atoms with Gasteiger partial charge in [0.05, 0.1) is 11.5 Å². The zero-order valence-corrected chi connectivity index (χ0v) is 21.4. The molecule has 2 aliphatic heterocycles. The minimum absolute atomic E-state index is 0.00991. The minimum atomic E-state index is -1.62. The lowest BCUT2D eigenvalue weighted by atomic mass is 9.72. The van der Waals surface area contributed by atoms with E-state index in [0.29, 0.717) is 16.0 Å². The molecule has 210 valence electrons. The zero-order chi connectivity index (χ0) is 29.1. The summed E-state index contributed by atoms with van der Waals surface area (Å²) in [4.78, 5) is 64.7. The van der Waals surface area contributed by atoms with E-state index in [-0.39, 0.29) is 43.8 Å². The Labute approximate surface area is 228 Å². The van der Waals surface area contributed by atoms with Crippen LogP contribution in [-0.4, -0.2) is 98.6 Å². The van der Waals surface area contributed by atoms with E-state index >= 15 is 0 Å². The molecular weight excluding hydrogens is 527 g/mol. The third-order valence-corrected chi connectivity index (χ3v) is 6.71. The van der Waals surface area contributed by atoms with Gasteiger partial charge in [0.2, 0.25) is 5.91 Å². The number of nitrogens with one attached hydrogen (secondary N) is 2. The molecule has 4 rings (SSSR count). The van der Waals surface area contributed by atoms with Crippen molar-refractivity contribution in [2.75, 3.05) is 19.6 Å². The zero-order valence-electron chi connectivity index (χ0n) is 21.4. The number of urea groups is 1. The summed E-state index contributed by atoms with van der Waals surface area (Å²) in [6, 6.07) is 5.86. The molecule has 6 N–H and O–H groups in total. The quantitative estimate of drug-likeness (QED) is 0.143. The van der Waals surface area contributed by atoms with Crippen LogP contribution in [0, 0.1) is 0 Å². The number of carboxylic acid groups (broad SMARTS) is 1. The first-order chi connectivity index (χ1) is 19.0. The third-order valence-electron chi connectivity index (χ3n) is 6.71. The summed E-state index contributed by atoms with van der Waals surface area (Å²) >= 11 is 0. The predicted octanol–water partition coefficient (Wildman–Crippen LogP) is -0.753. The second kappa shape index (κ2) is 11.5. The average Bonchev–Trinajstić information content (AvgIpc) is 2.91. The molecule has 2 aliphatic rings. The second-order valence-electron chi connectivity index (χ2n) is 9.30. The van der Waals surface area contributed by atoms with Gasteiger partial charge < -0.3 is 40.5 Å². The molecule has 14 nitrogen and oxygen atoms in total. The largest absolute Gasteiger partial charge is 0.547 e. The molecule has 0 saturated carbocycles. The van der Waals surface area contributed by atoms with Crippen LogP contribution in [0.25, 0.3) is 0 Å². The van der Waals surface area contributed by atoms with Gasteiger partial charge in [-0.2, -0.15) is 0 Å². The number of carbonyl (C=O) groups excluding carboxylic acids is 4. The van der Waals surface area contributed by atoms with Gasteiger partial charge in [-0.05, 0) is 42.7 Å². The number of aromatic hydroxyl groups is 2. The van der Waals surface area contributed by atoms with Crippen LogP contribution in [-0.2, 0) is 27.2 Å². The van der Waals surface area contributed by atoms with E-state index in [1.165, 1.54) is 35.2 Å². The van der Waals surface area contributed by atoms with Crippen molar-refractivity contribution >= 4 is 36.8 Å². The molecule has 1 fully saturated rings. The van der Waals surface area contributed by atoms with E-state index in [0.717, 1.165) is 0 Å². The number of carbonyl (C=O) groups is 5. The van der Waals surface area contributed by atoms with Crippen LogP contribution < -0.4 is 15.3 Å². The fourth-order valence-electron chi connectivity index (χ4n) is 4.54. The number of hydrogen-bond acceptors (Lipinski definition) is 9. The number of hydrogen-bond donors (Lipinski definition) is 6. The molecule has 1 saturated heterocycles. The molecule has 2 aromatic rings. The number of amides is 5. The predicted molar refractivity (Wildman–Crippen MR) is 137 cm³/mol. The normalized spacial score (nSPS) is 17.6. The Morgan fingerprint density at radius 3 is 2.52 bits per heavy atom. The van der Waals surface area contributed by atoms with Crippen molar-refractivity contribution in [3.05, 3.63) is 53.1 Å². The highest BCUT2D eigenvalue weighted by Crippen LogP contribution is 2.30. The van der Waals surface area contributed by atoms with Crippen molar-refractivity contribution in [2.45, 2.75) is 31.7 Å². The number of nitrogens with zero attached hydrogens (tertiary/aromatic N) is 2. The van der Waals surface area contributed by atoms with Crippen LogP contribution in [0.2, 0.25) is 0 Å². The molecule has 2 heterocycles. The van der Waals surface area contributed by atoms with E-state index in [9.17, 15) is 44.3 Å². The first-order valence-corrected chi connectivity index (χ1v) is 12.4. The van der Waals surface area contributed by atoms with Crippen molar-refractivity contribution in [3.63, 3.8) is 0 Å². The molecular formula is C25H27BN4O10. The number of para-hydroxylation sites is 1. The van der Waals surface area contributed by atoms with Crippen molar-refractivity contribution in [3.8, 4) is 17.2 Å². The first-order valence-electron chi connectivity index (χ1n) is 12.4. The lowest BCUT2D eigenvalue weighted by molar-refractivity contribution is -0.153. The lowest BCUT2D eigenvalue weighted by Crippen LogP contribution is -2.62. The van der Waals surface area contributed by atoms with E-state index in [4.69, 9.17) is 4.65 Å². The van der Waals surface area contributed by atoms with Crippen molar-refractivity contribution < 1.29 is 49.0 Å². The van der Waals surface area contributed by atoms with Crippen molar-refractivity contribution in [2.24, 2.45) is 0 Å². The SMILES string of the molecule is CCN1CCN(C(=O)N[C@H](Cc2ccc(O)c(O)c2)C(=O)N[C@H]2Cc3cccc(C(=O)O)c3OB2O)C(=O)C1=O. The van der Waals surface area contributed by atoms with Gasteiger partial charge in [0, 0.05) is 26.1 Å². The van der Waals surface area contributed by atoms with Crippen LogP contribution in [0.15, 0.2) is 36.4 Å². The van der Waals surface area contributed by atoms with Crippen molar-refractivity contribution in [1.82, 2.24) is 20.4 Å². The van der Waals surface area contributed by atoms with E-state index in [1.54, 1.807) is 13.0 Å². The Morgan fingerprint density at radius 2 is 1.85 bits per heavy atom. The van der Waals surface area contributed by atoms with Gasteiger partial charge in [-0.3, -0.25) is 19.3 Å². The molecule has 5 amide bonds. The highest BCUT2D eigenvalue weighted by molar-refractivity contribution is 6.47. The molecule has 0 bridgehead atoms. The van der Waals surface area contributed by atoms with E-state index in [2.05, 4.69) is 10.6 Å². The monoisotopic (exact) mass is 554 g/mol. The highest BCUT2D eigenvalue weighted by Gasteiger charge is 2.40. The maximum atomic E-state index is 13.4. The number of phenolic OH excluding ortho intramolecular Hbond substituents is 2. The molecule has 0 aliphatic carbocycles. The molecule has 0 spiro atoms. The Morgan fingerprint density at radius 1 is 1.10 bits per heavy atom. The number of benzene rings is 2. The van der Waals surface area contributed by atoms with Gasteiger partial charge in [0.25, 0.3) is 0 Å². The number of phenols is 2. The van der Waals surface area contributed by atoms with Gasteiger partial charge in [-0.25, -0.2) is 9.59 Å². The number of fused-ring (bicyclic) bond motifs is 1. The molecule has 2 atom stereocenters. The lowest BCUT2D eigenvalue weighted by Gasteiger charge is -2.33. The Bertz CT molecular complexity index is 1370. The second-order valence-corrected chi connectivity index (χ2v) is 9.30. The minimum Gasteiger partial charge on any atom is -0.534 e. The fourth-order valence-corrected chi connectivity index (χ4v) is 4.54. The van der Waals surface area contributed by atoms with Gasteiger partial charge >= 0.3 is 30.9 Å². The summed E-state index contributed by atoms with van der Waals surface area (Å²) in [5, 5.41) is 44.4. The first kappa shape index (κ1) is 28.2. The summed E-state index contributed by atoms with van der Waals surface area (Å²) in [7, 11) is -1.62. The highest BCUT2D eigenvalue weighted by atomic mass is 16.5. The summed E-state index contributed by atoms with van der Waals surface area (Å²) in [6.45, 7) is 2.02. The van der Waals surface area contributed by atoms with Crippen LogP contribution >= 0.6 is 0 Å². The van der Waals surface area contributed by atoms with Crippen molar-refractivity contribution in [1.29, 1.82) is 0 Å². The number of likely N-dealkylation sites (N-methyl/N-ethyl adjacent to an activating group) is 1. The van der Waals surface area contributed by atoms with Crippen LogP contribution in [0.1, 0.15) is 28.4 Å². The number of imide groups is 1. The number of rotatable bonds is 7. The number of carboxylic acids is 1. The maximum Gasteiger partial charge on any atom is 0.547 e. The number of piperazine rings is 1. The van der Waals surface area contributed by atoms with E-state index in [1.807, 2.05) is 0 Å². The molecule has 0 aromatic heterocycles. The molecule has 15 heteroatoms. The Kier molecular flexibility index (Phi) is 8.14. The molecule has 40 heavy (non-hydrogen) atoms. The maximum absolute atomic E-state index is 13.4. The Hall–Kier alpha value is -4.79. The van der Waals surface area contributed by atoms with Gasteiger partial charge in [-0.1, -0.05) is 18.2 Å². The van der Waals surface area contributed by atoms with Crippen LogP contribution in [0.3, 0.4) is 0 Å². The Balaban J connectivity index is 1.54. The van der Waals surface area contributed by atoms with Crippen LogP contribution in [0.5, 0.6) is 17.2 Å².